The highest BCUT2D eigenvalue weighted by molar-refractivity contribution is 5.96. The maximum absolute atomic E-state index is 12.0. The molecule has 1 aliphatic carbocycles. The summed E-state index contributed by atoms with van der Waals surface area (Å²) in [5.74, 6) is -0.509. The molecule has 1 aliphatic rings. The van der Waals surface area contributed by atoms with E-state index in [1.165, 1.54) is 19.2 Å². The number of hydrogen-bond acceptors (Lipinski definition) is 5. The molecule has 0 aromatic carbocycles. The summed E-state index contributed by atoms with van der Waals surface area (Å²) in [5.41, 5.74) is -0.338. The van der Waals surface area contributed by atoms with E-state index in [2.05, 4.69) is 4.74 Å². The van der Waals surface area contributed by atoms with Gasteiger partial charge in [-0.05, 0) is 31.4 Å². The van der Waals surface area contributed by atoms with Crippen LogP contribution in [-0.2, 0) is 9.47 Å². The zero-order valence-corrected chi connectivity index (χ0v) is 10.5. The van der Waals surface area contributed by atoms with Gasteiger partial charge in [0.15, 0.2) is 5.76 Å². The highest BCUT2D eigenvalue weighted by atomic mass is 16.5. The normalized spacial score (nSPS) is 17.0. The van der Waals surface area contributed by atoms with Crippen molar-refractivity contribution in [1.82, 2.24) is 0 Å². The fourth-order valence-corrected chi connectivity index (χ4v) is 2.10. The molecule has 1 saturated carbocycles. The molecule has 0 unspecified atom stereocenters. The van der Waals surface area contributed by atoms with Crippen molar-refractivity contribution in [2.45, 2.75) is 31.3 Å². The molecule has 0 bridgehead atoms. The topological polar surface area (TPSA) is 65.7 Å². The van der Waals surface area contributed by atoms with Crippen molar-refractivity contribution in [3.63, 3.8) is 0 Å². The van der Waals surface area contributed by atoms with Gasteiger partial charge in [-0.3, -0.25) is 4.79 Å². The Bertz CT molecular complexity index is 450. The minimum absolute atomic E-state index is 0.0425. The van der Waals surface area contributed by atoms with Crippen LogP contribution in [0.4, 0.5) is 0 Å². The molecule has 5 nitrogen and oxygen atoms in total. The third kappa shape index (κ3) is 2.31. The average molecular weight is 252 g/mol. The molecule has 0 saturated heterocycles. The lowest BCUT2D eigenvalue weighted by atomic mass is 9.76. The average Bonchev–Trinajstić information content (AvgIpc) is 2.82. The minimum Gasteiger partial charge on any atom is -0.463 e. The lowest BCUT2D eigenvalue weighted by Crippen LogP contribution is -2.41. The summed E-state index contributed by atoms with van der Waals surface area (Å²) in [6, 6.07) is 2.94. The minimum atomic E-state index is -0.584. The molecule has 5 heteroatoms. The van der Waals surface area contributed by atoms with E-state index in [9.17, 15) is 9.59 Å². The van der Waals surface area contributed by atoms with Gasteiger partial charge in [0.25, 0.3) is 0 Å². The van der Waals surface area contributed by atoms with E-state index in [-0.39, 0.29) is 29.3 Å². The highest BCUT2D eigenvalue weighted by Gasteiger charge is 2.39. The largest absolute Gasteiger partial charge is 0.463 e. The number of ether oxygens (including phenoxy) is 2. The van der Waals surface area contributed by atoms with Crippen LogP contribution in [-0.4, -0.2) is 31.6 Å². The Morgan fingerprint density at radius 3 is 2.44 bits per heavy atom. The van der Waals surface area contributed by atoms with Crippen molar-refractivity contribution >= 4 is 11.8 Å². The van der Waals surface area contributed by atoms with Crippen molar-refractivity contribution in [3.8, 4) is 0 Å². The Hall–Kier alpha value is -1.62. The molecule has 0 atom stereocenters. The van der Waals surface area contributed by atoms with Gasteiger partial charge in [-0.15, -0.1) is 0 Å². The maximum Gasteiger partial charge on any atom is 0.373 e. The predicted molar refractivity (Wildman–Crippen MR) is 62.6 cm³/mol. The van der Waals surface area contributed by atoms with E-state index < -0.39 is 5.97 Å². The number of esters is 1. The van der Waals surface area contributed by atoms with Crippen LogP contribution < -0.4 is 0 Å². The first kappa shape index (κ1) is 12.8. The molecule has 0 radical (unpaired) electrons. The number of carbonyl (C=O) groups is 2. The molecule has 1 fully saturated rings. The lowest BCUT2D eigenvalue weighted by molar-refractivity contribution is -0.0708. The van der Waals surface area contributed by atoms with Crippen LogP contribution in [0.3, 0.4) is 0 Å². The fraction of sp³-hybridized carbons (Fsp3) is 0.538. The van der Waals surface area contributed by atoms with Crippen LogP contribution in [0.25, 0.3) is 0 Å². The molecule has 1 heterocycles. The number of hydrogen-bond donors (Lipinski definition) is 0. The Morgan fingerprint density at radius 2 is 1.94 bits per heavy atom. The molecule has 0 amide bonds. The van der Waals surface area contributed by atoms with E-state index in [1.807, 2.05) is 0 Å². The number of Topliss-reactive ketones (excluding diaryl/α,β-unsaturated/α-hetero) is 1. The molecule has 0 spiro atoms. The number of ketones is 1. The summed E-state index contributed by atoms with van der Waals surface area (Å²) in [6.45, 7) is 0. The molecule has 98 valence electrons. The first-order valence-electron chi connectivity index (χ1n) is 5.87. The van der Waals surface area contributed by atoms with E-state index >= 15 is 0 Å². The summed E-state index contributed by atoms with van der Waals surface area (Å²) in [5, 5.41) is 0. The summed E-state index contributed by atoms with van der Waals surface area (Å²) in [4.78, 5) is 23.2. The number of rotatable bonds is 5. The Labute approximate surface area is 105 Å². The van der Waals surface area contributed by atoms with Gasteiger partial charge >= 0.3 is 5.97 Å². The molecule has 1 aromatic heterocycles. The zero-order chi connectivity index (χ0) is 13.2. The van der Waals surface area contributed by atoms with E-state index in [0.717, 1.165) is 19.3 Å². The van der Waals surface area contributed by atoms with Crippen molar-refractivity contribution in [2.75, 3.05) is 14.2 Å². The first-order valence-corrected chi connectivity index (χ1v) is 5.87. The predicted octanol–water partition coefficient (Wildman–Crippen LogP) is 2.21. The van der Waals surface area contributed by atoms with E-state index in [1.54, 1.807) is 7.11 Å². The third-order valence-corrected chi connectivity index (χ3v) is 3.45. The summed E-state index contributed by atoms with van der Waals surface area (Å²) in [7, 11) is 2.88. The first-order chi connectivity index (χ1) is 8.60. The smallest absolute Gasteiger partial charge is 0.373 e. The molecule has 2 rings (SSSR count). The number of methoxy groups -OCH3 is 2. The standard InChI is InChI=1S/C13H16O5/c1-16-12(15)11-5-4-10(18-11)9(14)8-13(17-2)6-3-7-13/h4-5H,3,6-8H2,1-2H3. The molecular formula is C13H16O5. The van der Waals surface area contributed by atoms with Crippen molar-refractivity contribution in [3.05, 3.63) is 23.7 Å². The van der Waals surface area contributed by atoms with Crippen LogP contribution >= 0.6 is 0 Å². The second-order valence-electron chi connectivity index (χ2n) is 4.50. The molecular weight excluding hydrogens is 236 g/mol. The van der Waals surface area contributed by atoms with Gasteiger partial charge in [0.1, 0.15) is 0 Å². The molecule has 18 heavy (non-hydrogen) atoms. The van der Waals surface area contributed by atoms with Gasteiger partial charge in [-0.25, -0.2) is 4.79 Å². The van der Waals surface area contributed by atoms with Gasteiger partial charge in [0.2, 0.25) is 11.5 Å². The van der Waals surface area contributed by atoms with Crippen LogP contribution in [0.15, 0.2) is 16.5 Å². The van der Waals surface area contributed by atoms with Crippen LogP contribution in [0.5, 0.6) is 0 Å². The summed E-state index contributed by atoms with van der Waals surface area (Å²) >= 11 is 0. The summed E-state index contributed by atoms with van der Waals surface area (Å²) < 4.78 is 15.1. The number of furan rings is 1. The third-order valence-electron chi connectivity index (χ3n) is 3.45. The van der Waals surface area contributed by atoms with Gasteiger partial charge in [0.05, 0.1) is 12.7 Å². The maximum atomic E-state index is 12.0. The van der Waals surface area contributed by atoms with E-state index in [4.69, 9.17) is 9.15 Å². The van der Waals surface area contributed by atoms with Crippen LogP contribution in [0.2, 0.25) is 0 Å². The molecule has 0 aliphatic heterocycles. The summed E-state index contributed by atoms with van der Waals surface area (Å²) in [6.07, 6.45) is 3.14. The van der Waals surface area contributed by atoms with Gasteiger partial charge in [-0.1, -0.05) is 0 Å². The van der Waals surface area contributed by atoms with Crippen molar-refractivity contribution < 1.29 is 23.5 Å². The van der Waals surface area contributed by atoms with Gasteiger partial charge in [0, 0.05) is 13.5 Å². The number of carbonyl (C=O) groups excluding carboxylic acids is 2. The molecule has 0 N–H and O–H groups in total. The Morgan fingerprint density at radius 1 is 1.28 bits per heavy atom. The van der Waals surface area contributed by atoms with E-state index in [0.29, 0.717) is 0 Å². The van der Waals surface area contributed by atoms with Crippen LogP contribution in [0.1, 0.15) is 46.8 Å². The van der Waals surface area contributed by atoms with Gasteiger partial charge < -0.3 is 13.9 Å². The zero-order valence-electron chi connectivity index (χ0n) is 10.5. The quantitative estimate of drug-likeness (QED) is 0.593. The lowest BCUT2D eigenvalue weighted by Gasteiger charge is -2.39. The Kier molecular flexibility index (Phi) is 3.52. The monoisotopic (exact) mass is 252 g/mol. The highest BCUT2D eigenvalue weighted by Crippen LogP contribution is 2.38. The van der Waals surface area contributed by atoms with Crippen LogP contribution in [0, 0.1) is 0 Å². The van der Waals surface area contributed by atoms with Crippen molar-refractivity contribution in [2.24, 2.45) is 0 Å². The fourth-order valence-electron chi connectivity index (χ4n) is 2.10. The SMILES string of the molecule is COC(=O)c1ccc(C(=O)CC2(OC)CCC2)o1. The second kappa shape index (κ2) is 4.94. The van der Waals surface area contributed by atoms with Gasteiger partial charge in [-0.2, -0.15) is 0 Å². The molecule has 1 aromatic rings. The Balaban J connectivity index is 2.05. The second-order valence-corrected chi connectivity index (χ2v) is 4.50. The van der Waals surface area contributed by atoms with Crippen molar-refractivity contribution in [1.29, 1.82) is 0 Å².